The topological polar surface area (TPSA) is 55.6 Å². The van der Waals surface area contributed by atoms with Gasteiger partial charge in [-0.3, -0.25) is 4.79 Å². The van der Waals surface area contributed by atoms with E-state index in [1.165, 1.54) is 0 Å². The largest absolute Gasteiger partial charge is 0.484 e. The van der Waals surface area contributed by atoms with Gasteiger partial charge in [-0.2, -0.15) is 5.10 Å². The zero-order valence-corrected chi connectivity index (χ0v) is 12.6. The second-order valence-electron chi connectivity index (χ2n) is 4.54. The average molecular weight is 306 g/mol. The summed E-state index contributed by atoms with van der Waals surface area (Å²) >= 11 is 5.92. The highest BCUT2D eigenvalue weighted by molar-refractivity contribution is 6.31. The number of carbonyl (C=O) groups excluding carboxylic acids is 1. The smallest absolute Gasteiger partial charge is 0.277 e. The van der Waals surface area contributed by atoms with E-state index in [2.05, 4.69) is 10.5 Å². The fraction of sp³-hybridized carbons (Fsp3) is 0.200. The Kier molecular flexibility index (Phi) is 5.00. The molecular weight excluding hydrogens is 290 g/mol. The zero-order valence-electron chi connectivity index (χ0n) is 11.8. The van der Waals surface area contributed by atoms with Gasteiger partial charge in [0.25, 0.3) is 5.91 Å². The lowest BCUT2D eigenvalue weighted by Gasteiger charge is -2.06. The van der Waals surface area contributed by atoms with Gasteiger partial charge in [0.2, 0.25) is 0 Å². The van der Waals surface area contributed by atoms with Gasteiger partial charge in [-0.25, -0.2) is 5.43 Å². The van der Waals surface area contributed by atoms with Crippen LogP contribution in [0.1, 0.15) is 11.3 Å². The van der Waals surface area contributed by atoms with Gasteiger partial charge >= 0.3 is 0 Å². The Labute approximate surface area is 128 Å². The minimum atomic E-state index is -0.326. The molecule has 1 amide bonds. The summed E-state index contributed by atoms with van der Waals surface area (Å²) in [6, 6.07) is 9.02. The predicted octanol–water partition coefficient (Wildman–Crippen LogP) is 2.52. The number of hydrogen-bond donors (Lipinski definition) is 1. The van der Waals surface area contributed by atoms with Crippen molar-refractivity contribution < 1.29 is 9.53 Å². The average Bonchev–Trinajstić information content (AvgIpc) is 2.86. The molecule has 1 heterocycles. The van der Waals surface area contributed by atoms with E-state index in [0.717, 1.165) is 11.3 Å². The van der Waals surface area contributed by atoms with Crippen LogP contribution < -0.4 is 10.2 Å². The highest BCUT2D eigenvalue weighted by Crippen LogP contribution is 2.20. The molecule has 2 aromatic rings. The van der Waals surface area contributed by atoms with Crippen molar-refractivity contribution in [1.29, 1.82) is 0 Å². The first-order chi connectivity index (χ1) is 10.1. The Balaban J connectivity index is 1.81. The molecule has 0 bridgehead atoms. The molecule has 2 rings (SSSR count). The molecule has 21 heavy (non-hydrogen) atoms. The second kappa shape index (κ2) is 6.95. The Bertz CT molecular complexity index is 665. The quantitative estimate of drug-likeness (QED) is 0.681. The van der Waals surface area contributed by atoms with Crippen LogP contribution in [0.2, 0.25) is 5.02 Å². The maximum atomic E-state index is 11.6. The summed E-state index contributed by atoms with van der Waals surface area (Å²) in [7, 11) is 1.90. The maximum Gasteiger partial charge on any atom is 0.277 e. The molecule has 0 radical (unpaired) electrons. The summed E-state index contributed by atoms with van der Waals surface area (Å²) < 4.78 is 7.26. The lowest BCUT2D eigenvalue weighted by Crippen LogP contribution is -2.24. The van der Waals surface area contributed by atoms with Crippen LogP contribution in [0.5, 0.6) is 5.75 Å². The molecule has 0 fully saturated rings. The molecular formula is C15H16ClN3O2. The third-order valence-electron chi connectivity index (χ3n) is 2.87. The SMILES string of the molecule is Cc1cc(OCC(=O)NN=Cc2cccn2C)ccc1Cl. The second-order valence-corrected chi connectivity index (χ2v) is 4.94. The summed E-state index contributed by atoms with van der Waals surface area (Å²) in [5.74, 6) is 0.270. The fourth-order valence-corrected chi connectivity index (χ4v) is 1.78. The van der Waals surface area contributed by atoms with Crippen molar-refractivity contribution in [3.63, 3.8) is 0 Å². The minimum Gasteiger partial charge on any atom is -0.484 e. The van der Waals surface area contributed by atoms with E-state index >= 15 is 0 Å². The van der Waals surface area contributed by atoms with Crippen molar-refractivity contribution in [2.75, 3.05) is 6.61 Å². The maximum absolute atomic E-state index is 11.6. The molecule has 1 aromatic carbocycles. The number of ether oxygens (including phenoxy) is 1. The first kappa shape index (κ1) is 15.1. The van der Waals surface area contributed by atoms with Crippen LogP contribution >= 0.6 is 11.6 Å². The van der Waals surface area contributed by atoms with Gasteiger partial charge in [0.1, 0.15) is 5.75 Å². The molecule has 1 aromatic heterocycles. The molecule has 5 nitrogen and oxygen atoms in total. The minimum absolute atomic E-state index is 0.106. The lowest BCUT2D eigenvalue weighted by molar-refractivity contribution is -0.123. The number of benzene rings is 1. The number of hydrogen-bond acceptors (Lipinski definition) is 3. The van der Waals surface area contributed by atoms with E-state index in [1.807, 2.05) is 36.9 Å². The van der Waals surface area contributed by atoms with E-state index in [1.54, 1.807) is 24.4 Å². The van der Waals surface area contributed by atoms with Crippen molar-refractivity contribution in [2.45, 2.75) is 6.92 Å². The van der Waals surface area contributed by atoms with E-state index in [4.69, 9.17) is 16.3 Å². The number of rotatable bonds is 5. The van der Waals surface area contributed by atoms with Crippen molar-refractivity contribution in [1.82, 2.24) is 9.99 Å². The van der Waals surface area contributed by atoms with Crippen molar-refractivity contribution in [2.24, 2.45) is 12.1 Å². The van der Waals surface area contributed by atoms with Gasteiger partial charge in [0.05, 0.1) is 11.9 Å². The van der Waals surface area contributed by atoms with Crippen LogP contribution in [-0.4, -0.2) is 23.3 Å². The van der Waals surface area contributed by atoms with Crippen LogP contribution in [0.25, 0.3) is 0 Å². The normalized spacial score (nSPS) is 10.8. The first-order valence-corrected chi connectivity index (χ1v) is 6.76. The molecule has 0 aliphatic carbocycles. The number of halogens is 1. The first-order valence-electron chi connectivity index (χ1n) is 6.38. The molecule has 6 heteroatoms. The summed E-state index contributed by atoms with van der Waals surface area (Å²) in [4.78, 5) is 11.6. The Hall–Kier alpha value is -2.27. The zero-order chi connectivity index (χ0) is 15.2. The highest BCUT2D eigenvalue weighted by Gasteiger charge is 2.03. The summed E-state index contributed by atoms with van der Waals surface area (Å²) in [6.07, 6.45) is 3.47. The lowest BCUT2D eigenvalue weighted by atomic mass is 10.2. The molecule has 0 atom stereocenters. The summed E-state index contributed by atoms with van der Waals surface area (Å²) in [5, 5.41) is 4.54. The molecule has 0 saturated carbocycles. The molecule has 0 spiro atoms. The number of hydrazone groups is 1. The molecule has 0 aliphatic heterocycles. The predicted molar refractivity (Wildman–Crippen MR) is 82.8 cm³/mol. The van der Waals surface area contributed by atoms with Gasteiger partial charge < -0.3 is 9.30 Å². The van der Waals surface area contributed by atoms with Crippen molar-refractivity contribution in [3.8, 4) is 5.75 Å². The fourth-order valence-electron chi connectivity index (χ4n) is 1.67. The van der Waals surface area contributed by atoms with Gasteiger partial charge in [0.15, 0.2) is 6.61 Å². The van der Waals surface area contributed by atoms with Crippen LogP contribution in [-0.2, 0) is 11.8 Å². The number of aryl methyl sites for hydroxylation is 2. The van der Waals surface area contributed by atoms with Crippen LogP contribution in [0.4, 0.5) is 0 Å². The van der Waals surface area contributed by atoms with E-state index in [9.17, 15) is 4.79 Å². The van der Waals surface area contributed by atoms with E-state index in [0.29, 0.717) is 10.8 Å². The molecule has 110 valence electrons. The number of amides is 1. The molecule has 0 unspecified atom stereocenters. The number of nitrogens with one attached hydrogen (secondary N) is 1. The molecule has 0 aliphatic rings. The van der Waals surface area contributed by atoms with Crippen LogP contribution in [0.15, 0.2) is 41.6 Å². The third kappa shape index (κ3) is 4.36. The van der Waals surface area contributed by atoms with Crippen LogP contribution in [0, 0.1) is 6.92 Å². The number of carbonyl (C=O) groups is 1. The van der Waals surface area contributed by atoms with Gasteiger partial charge in [-0.15, -0.1) is 0 Å². The molecule has 1 N–H and O–H groups in total. The van der Waals surface area contributed by atoms with E-state index < -0.39 is 0 Å². The Morgan fingerprint density at radius 3 is 2.95 bits per heavy atom. The Morgan fingerprint density at radius 1 is 1.48 bits per heavy atom. The van der Waals surface area contributed by atoms with Crippen LogP contribution in [0.3, 0.4) is 0 Å². The monoisotopic (exact) mass is 305 g/mol. The molecule has 0 saturated heterocycles. The number of nitrogens with zero attached hydrogens (tertiary/aromatic N) is 2. The van der Waals surface area contributed by atoms with Gasteiger partial charge in [0, 0.05) is 18.3 Å². The van der Waals surface area contributed by atoms with Gasteiger partial charge in [-0.05, 0) is 42.8 Å². The van der Waals surface area contributed by atoms with E-state index in [-0.39, 0.29) is 12.5 Å². The summed E-state index contributed by atoms with van der Waals surface area (Å²) in [6.45, 7) is 1.77. The van der Waals surface area contributed by atoms with Gasteiger partial charge in [-0.1, -0.05) is 11.6 Å². The van der Waals surface area contributed by atoms with Crippen molar-refractivity contribution in [3.05, 3.63) is 52.8 Å². The number of aromatic nitrogens is 1. The summed E-state index contributed by atoms with van der Waals surface area (Å²) in [5.41, 5.74) is 4.20. The highest BCUT2D eigenvalue weighted by atomic mass is 35.5. The van der Waals surface area contributed by atoms with Crippen molar-refractivity contribution >= 4 is 23.7 Å². The third-order valence-corrected chi connectivity index (χ3v) is 3.29. The Morgan fingerprint density at radius 2 is 2.29 bits per heavy atom. The standard InChI is InChI=1S/C15H16ClN3O2/c1-11-8-13(5-6-14(11)16)21-10-15(20)18-17-9-12-4-3-7-19(12)2/h3-9H,10H2,1-2H3,(H,18,20).